The van der Waals surface area contributed by atoms with E-state index < -0.39 is 6.10 Å². The molecule has 6 heteroatoms. The van der Waals surface area contributed by atoms with Gasteiger partial charge in [0.1, 0.15) is 5.82 Å². The summed E-state index contributed by atoms with van der Waals surface area (Å²) in [4.78, 5) is 0. The largest absolute Gasteiger partial charge is 0.387 e. The molecule has 0 radical (unpaired) electrons. The van der Waals surface area contributed by atoms with Crippen LogP contribution in [-0.4, -0.2) is 21.8 Å². The highest BCUT2D eigenvalue weighted by Gasteiger charge is 2.19. The van der Waals surface area contributed by atoms with E-state index in [1.54, 1.807) is 18.3 Å². The molecule has 0 aliphatic carbocycles. The molecule has 0 amide bonds. The molecule has 2 aromatic rings. The van der Waals surface area contributed by atoms with Gasteiger partial charge < -0.3 is 10.4 Å². The highest BCUT2D eigenvalue weighted by Crippen LogP contribution is 2.23. The highest BCUT2D eigenvalue weighted by molar-refractivity contribution is 5.85. The Morgan fingerprint density at radius 3 is 2.73 bits per heavy atom. The average Bonchev–Trinajstić information content (AvgIpc) is 2.87. The minimum Gasteiger partial charge on any atom is -0.387 e. The number of aromatic amines is 1. The summed E-state index contributed by atoms with van der Waals surface area (Å²) >= 11 is 0. The zero-order valence-corrected chi connectivity index (χ0v) is 13.9. The van der Waals surface area contributed by atoms with E-state index in [4.69, 9.17) is 0 Å². The molecular formula is C16H23ClFN3O. The van der Waals surface area contributed by atoms with Gasteiger partial charge in [-0.25, -0.2) is 4.39 Å². The lowest BCUT2D eigenvalue weighted by Gasteiger charge is -2.19. The second-order valence-electron chi connectivity index (χ2n) is 6.22. The standard InChI is InChI=1S/C16H22FN3O.ClH/c1-16(2,3)15-12(9-19-20-15)8-18-10-14(21)11-5-4-6-13(17)7-11;/h4-7,9,14,18,21H,8,10H2,1-3H3,(H,19,20);1H. The SMILES string of the molecule is CC(C)(C)c1[nH]ncc1CNCC(O)c1cccc(F)c1.Cl. The molecule has 2 rings (SSSR count). The first-order valence-electron chi connectivity index (χ1n) is 7.05. The van der Waals surface area contributed by atoms with Crippen molar-refractivity contribution in [2.45, 2.75) is 38.8 Å². The van der Waals surface area contributed by atoms with Crippen LogP contribution in [0.4, 0.5) is 4.39 Å². The van der Waals surface area contributed by atoms with Gasteiger partial charge in [0.05, 0.1) is 12.3 Å². The van der Waals surface area contributed by atoms with Crippen LogP contribution in [0.5, 0.6) is 0 Å². The Bertz CT molecular complexity index is 595. The number of nitrogens with zero attached hydrogens (tertiary/aromatic N) is 1. The second-order valence-corrected chi connectivity index (χ2v) is 6.22. The predicted octanol–water partition coefficient (Wildman–Crippen LogP) is 3.09. The van der Waals surface area contributed by atoms with Crippen molar-refractivity contribution in [3.05, 3.63) is 53.1 Å². The molecule has 1 unspecified atom stereocenters. The first-order chi connectivity index (χ1) is 9.88. The molecule has 22 heavy (non-hydrogen) atoms. The number of aliphatic hydroxyl groups is 1. The quantitative estimate of drug-likeness (QED) is 0.791. The third-order valence-corrected chi connectivity index (χ3v) is 3.35. The fourth-order valence-corrected chi connectivity index (χ4v) is 2.27. The minimum absolute atomic E-state index is 0. The minimum atomic E-state index is -0.731. The predicted molar refractivity (Wildman–Crippen MR) is 87.6 cm³/mol. The summed E-state index contributed by atoms with van der Waals surface area (Å²) in [6.45, 7) is 7.32. The van der Waals surface area contributed by atoms with Crippen LogP contribution in [0, 0.1) is 5.82 Å². The molecule has 0 bridgehead atoms. The molecule has 1 atom stereocenters. The van der Waals surface area contributed by atoms with E-state index >= 15 is 0 Å². The number of aliphatic hydroxyl groups excluding tert-OH is 1. The van der Waals surface area contributed by atoms with Gasteiger partial charge in [0.15, 0.2) is 0 Å². The van der Waals surface area contributed by atoms with Crippen LogP contribution in [0.1, 0.15) is 43.7 Å². The smallest absolute Gasteiger partial charge is 0.123 e. The summed E-state index contributed by atoms with van der Waals surface area (Å²) < 4.78 is 13.1. The van der Waals surface area contributed by atoms with Crippen molar-refractivity contribution >= 4 is 12.4 Å². The first kappa shape index (κ1) is 18.6. The normalized spacial score (nSPS) is 12.8. The van der Waals surface area contributed by atoms with Gasteiger partial charge in [0.2, 0.25) is 0 Å². The summed E-state index contributed by atoms with van der Waals surface area (Å²) in [6, 6.07) is 6.03. The Balaban J connectivity index is 0.00000242. The van der Waals surface area contributed by atoms with Crippen LogP contribution < -0.4 is 5.32 Å². The van der Waals surface area contributed by atoms with Gasteiger partial charge in [0.25, 0.3) is 0 Å². The van der Waals surface area contributed by atoms with E-state index in [9.17, 15) is 9.50 Å². The van der Waals surface area contributed by atoms with Crippen LogP contribution in [0.3, 0.4) is 0 Å². The Hall–Kier alpha value is -1.43. The number of hydrogen-bond acceptors (Lipinski definition) is 3. The van der Waals surface area contributed by atoms with Crippen molar-refractivity contribution < 1.29 is 9.50 Å². The first-order valence-corrected chi connectivity index (χ1v) is 7.05. The molecule has 1 aromatic carbocycles. The van der Waals surface area contributed by atoms with Crippen LogP contribution >= 0.6 is 12.4 Å². The Morgan fingerprint density at radius 2 is 2.09 bits per heavy atom. The topological polar surface area (TPSA) is 60.9 Å². The van der Waals surface area contributed by atoms with E-state index in [1.807, 2.05) is 0 Å². The molecule has 4 nitrogen and oxygen atoms in total. The van der Waals surface area contributed by atoms with E-state index in [1.165, 1.54) is 12.1 Å². The molecule has 0 spiro atoms. The van der Waals surface area contributed by atoms with Gasteiger partial charge in [-0.1, -0.05) is 32.9 Å². The second kappa shape index (κ2) is 7.72. The molecule has 0 aliphatic rings. The van der Waals surface area contributed by atoms with Gasteiger partial charge >= 0.3 is 0 Å². The number of H-pyrrole nitrogens is 1. The number of halogens is 2. The summed E-state index contributed by atoms with van der Waals surface area (Å²) in [5.74, 6) is -0.337. The van der Waals surface area contributed by atoms with Gasteiger partial charge in [0, 0.05) is 29.8 Å². The Labute approximate surface area is 136 Å². The zero-order chi connectivity index (χ0) is 15.5. The lowest BCUT2D eigenvalue weighted by atomic mass is 9.89. The number of rotatable bonds is 5. The van der Waals surface area contributed by atoms with E-state index in [-0.39, 0.29) is 23.6 Å². The summed E-state index contributed by atoms with van der Waals surface area (Å²) in [7, 11) is 0. The van der Waals surface area contributed by atoms with Crippen molar-refractivity contribution in [2.24, 2.45) is 0 Å². The fourth-order valence-electron chi connectivity index (χ4n) is 2.27. The summed E-state index contributed by atoms with van der Waals surface area (Å²) in [5, 5.41) is 20.3. The van der Waals surface area contributed by atoms with Crippen LogP contribution in [0.15, 0.2) is 30.5 Å². The van der Waals surface area contributed by atoms with Gasteiger partial charge in [-0.05, 0) is 17.7 Å². The number of hydrogen-bond donors (Lipinski definition) is 3. The monoisotopic (exact) mass is 327 g/mol. The van der Waals surface area contributed by atoms with E-state index in [0.717, 1.165) is 11.3 Å². The highest BCUT2D eigenvalue weighted by atomic mass is 35.5. The Morgan fingerprint density at radius 1 is 1.36 bits per heavy atom. The third kappa shape index (κ3) is 4.80. The van der Waals surface area contributed by atoms with Crippen LogP contribution in [0.25, 0.3) is 0 Å². The molecule has 0 saturated carbocycles. The maximum atomic E-state index is 13.1. The Kier molecular flexibility index (Phi) is 6.53. The van der Waals surface area contributed by atoms with E-state index in [0.29, 0.717) is 18.7 Å². The molecular weight excluding hydrogens is 305 g/mol. The van der Waals surface area contributed by atoms with Crippen molar-refractivity contribution in [1.29, 1.82) is 0 Å². The summed E-state index contributed by atoms with van der Waals surface area (Å²) in [5.41, 5.74) is 2.73. The third-order valence-electron chi connectivity index (χ3n) is 3.35. The lowest BCUT2D eigenvalue weighted by Crippen LogP contribution is -2.23. The van der Waals surface area contributed by atoms with Gasteiger partial charge in [-0.2, -0.15) is 5.10 Å². The molecule has 0 fully saturated rings. The molecule has 0 aliphatic heterocycles. The van der Waals surface area contributed by atoms with Gasteiger partial charge in [-0.15, -0.1) is 12.4 Å². The number of nitrogens with one attached hydrogen (secondary N) is 2. The van der Waals surface area contributed by atoms with Crippen LogP contribution in [0.2, 0.25) is 0 Å². The van der Waals surface area contributed by atoms with Crippen molar-refractivity contribution in [1.82, 2.24) is 15.5 Å². The van der Waals surface area contributed by atoms with Crippen molar-refractivity contribution in [2.75, 3.05) is 6.54 Å². The zero-order valence-electron chi connectivity index (χ0n) is 13.1. The lowest BCUT2D eigenvalue weighted by molar-refractivity contribution is 0.174. The molecule has 0 saturated heterocycles. The maximum absolute atomic E-state index is 13.1. The molecule has 1 heterocycles. The molecule has 3 N–H and O–H groups in total. The molecule has 1 aromatic heterocycles. The summed E-state index contributed by atoms with van der Waals surface area (Å²) in [6.07, 6.45) is 1.06. The van der Waals surface area contributed by atoms with E-state index in [2.05, 4.69) is 36.3 Å². The van der Waals surface area contributed by atoms with Crippen molar-refractivity contribution in [3.63, 3.8) is 0 Å². The van der Waals surface area contributed by atoms with Crippen molar-refractivity contribution in [3.8, 4) is 0 Å². The fraction of sp³-hybridized carbons (Fsp3) is 0.438. The number of aromatic nitrogens is 2. The van der Waals surface area contributed by atoms with Gasteiger partial charge in [-0.3, -0.25) is 5.10 Å². The van der Waals surface area contributed by atoms with Crippen LogP contribution in [-0.2, 0) is 12.0 Å². The number of benzene rings is 1. The molecule has 122 valence electrons. The average molecular weight is 328 g/mol. The maximum Gasteiger partial charge on any atom is 0.123 e.